The van der Waals surface area contributed by atoms with Gasteiger partial charge < -0.3 is 4.57 Å². The molecule has 0 spiro atoms. The van der Waals surface area contributed by atoms with Crippen molar-refractivity contribution in [2.24, 2.45) is 0 Å². The average Bonchev–Trinajstić information content (AvgIpc) is 3.62. The molecule has 0 bridgehead atoms. The fraction of sp³-hybridized carbons (Fsp3) is 0. The fourth-order valence-electron chi connectivity index (χ4n) is 5.40. The molecule has 0 unspecified atom stereocenters. The molecule has 3 heterocycles. The van der Waals surface area contributed by atoms with Crippen molar-refractivity contribution in [3.05, 3.63) is 109 Å². The van der Waals surface area contributed by atoms with Gasteiger partial charge in [0.25, 0.3) is 0 Å². The maximum Gasteiger partial charge on any atom is 0.105 e. The molecule has 0 aliphatic rings. The van der Waals surface area contributed by atoms with Crippen LogP contribution in [0.5, 0.6) is 0 Å². The van der Waals surface area contributed by atoms with Crippen LogP contribution in [-0.4, -0.2) is 9.55 Å². The van der Waals surface area contributed by atoms with Crippen molar-refractivity contribution in [2.75, 3.05) is 0 Å². The maximum atomic E-state index is 4.85. The number of fused-ring (bicyclic) bond motifs is 8. The number of hydrogen-bond acceptors (Lipinski definition) is 3. The molecule has 5 aromatic carbocycles. The summed E-state index contributed by atoms with van der Waals surface area (Å²) in [7, 11) is 0. The number of hydrogen-bond donors (Lipinski definition) is 0. The van der Waals surface area contributed by atoms with E-state index in [0.29, 0.717) is 0 Å². The molecule has 0 atom stereocenters. The summed E-state index contributed by atoms with van der Waals surface area (Å²) in [5.41, 5.74) is 9.07. The SMILES string of the molecule is c1ccc(-c2cc(-n3c4ccccc4c4ccc5c6ccccc6sc5c43)c3ncsc3c2)cc1. The summed E-state index contributed by atoms with van der Waals surface area (Å²) in [6.07, 6.45) is 0. The largest absolute Gasteiger partial charge is 0.306 e. The van der Waals surface area contributed by atoms with Gasteiger partial charge in [0.2, 0.25) is 0 Å². The first kappa shape index (κ1) is 19.3. The van der Waals surface area contributed by atoms with E-state index in [1.165, 1.54) is 57.8 Å². The highest BCUT2D eigenvalue weighted by molar-refractivity contribution is 7.26. The highest BCUT2D eigenvalue weighted by Gasteiger charge is 2.20. The van der Waals surface area contributed by atoms with Crippen LogP contribution in [0.2, 0.25) is 0 Å². The van der Waals surface area contributed by atoms with Gasteiger partial charge in [-0.3, -0.25) is 0 Å². The molecule has 0 fully saturated rings. The minimum Gasteiger partial charge on any atom is -0.306 e. The van der Waals surface area contributed by atoms with Crippen molar-refractivity contribution in [1.29, 1.82) is 0 Å². The molecule has 164 valence electrons. The van der Waals surface area contributed by atoms with Crippen molar-refractivity contribution in [3.63, 3.8) is 0 Å². The lowest BCUT2D eigenvalue weighted by Crippen LogP contribution is -1.96. The van der Waals surface area contributed by atoms with Crippen molar-refractivity contribution in [3.8, 4) is 16.8 Å². The Hall–Kier alpha value is -3.99. The highest BCUT2D eigenvalue weighted by Crippen LogP contribution is 2.44. The average molecular weight is 483 g/mol. The number of thiophene rings is 1. The molecule has 0 saturated heterocycles. The number of thiazole rings is 1. The smallest absolute Gasteiger partial charge is 0.105 e. The van der Waals surface area contributed by atoms with Crippen LogP contribution in [0, 0.1) is 0 Å². The first-order valence-corrected chi connectivity index (χ1v) is 13.3. The minimum absolute atomic E-state index is 1.05. The summed E-state index contributed by atoms with van der Waals surface area (Å²) in [4.78, 5) is 4.85. The van der Waals surface area contributed by atoms with E-state index in [1.807, 2.05) is 16.8 Å². The lowest BCUT2D eigenvalue weighted by Gasteiger charge is -2.12. The third-order valence-electron chi connectivity index (χ3n) is 6.94. The van der Waals surface area contributed by atoms with Crippen LogP contribution in [0.4, 0.5) is 0 Å². The van der Waals surface area contributed by atoms with Gasteiger partial charge in [-0.15, -0.1) is 22.7 Å². The summed E-state index contributed by atoms with van der Waals surface area (Å²) in [6.45, 7) is 0. The Morgan fingerprint density at radius 3 is 2.29 bits per heavy atom. The zero-order chi connectivity index (χ0) is 22.9. The number of aromatic nitrogens is 2. The molecule has 8 aromatic rings. The van der Waals surface area contributed by atoms with E-state index in [4.69, 9.17) is 4.98 Å². The van der Waals surface area contributed by atoms with Gasteiger partial charge in [0.1, 0.15) is 5.52 Å². The molecule has 4 heteroatoms. The topological polar surface area (TPSA) is 17.8 Å². The summed E-state index contributed by atoms with van der Waals surface area (Å²) in [5, 5.41) is 5.20. The molecule has 0 N–H and O–H groups in total. The first-order valence-electron chi connectivity index (χ1n) is 11.6. The zero-order valence-corrected chi connectivity index (χ0v) is 20.2. The van der Waals surface area contributed by atoms with Gasteiger partial charge in [-0.05, 0) is 35.4 Å². The van der Waals surface area contributed by atoms with Gasteiger partial charge in [-0.1, -0.05) is 78.9 Å². The Labute approximate surface area is 209 Å². The number of nitrogens with zero attached hydrogens (tertiary/aromatic N) is 2. The van der Waals surface area contributed by atoms with Crippen molar-refractivity contribution < 1.29 is 0 Å². The minimum atomic E-state index is 1.05. The summed E-state index contributed by atoms with van der Waals surface area (Å²) >= 11 is 3.59. The number of benzene rings is 5. The molecule has 0 aliphatic heterocycles. The van der Waals surface area contributed by atoms with Crippen LogP contribution in [0.25, 0.3) is 69.0 Å². The van der Waals surface area contributed by atoms with Crippen LogP contribution >= 0.6 is 22.7 Å². The molecule has 3 aromatic heterocycles. The van der Waals surface area contributed by atoms with Crippen LogP contribution in [0.1, 0.15) is 0 Å². The molecule has 2 nitrogen and oxygen atoms in total. The molecule has 0 amide bonds. The van der Waals surface area contributed by atoms with Crippen molar-refractivity contribution in [1.82, 2.24) is 9.55 Å². The third kappa shape index (κ3) is 2.72. The number of para-hydroxylation sites is 1. The van der Waals surface area contributed by atoms with Crippen LogP contribution in [-0.2, 0) is 0 Å². The monoisotopic (exact) mass is 482 g/mol. The normalized spacial score (nSPS) is 12.0. The predicted octanol–water partition coefficient (Wildman–Crippen LogP) is 9.43. The lowest BCUT2D eigenvalue weighted by atomic mass is 10.0. The Bertz CT molecular complexity index is 2060. The second-order valence-electron chi connectivity index (χ2n) is 8.85. The lowest BCUT2D eigenvalue weighted by molar-refractivity contribution is 1.20. The zero-order valence-electron chi connectivity index (χ0n) is 18.6. The van der Waals surface area contributed by atoms with Gasteiger partial charge in [0.15, 0.2) is 0 Å². The second-order valence-corrected chi connectivity index (χ2v) is 10.8. The van der Waals surface area contributed by atoms with Gasteiger partial charge in [0, 0.05) is 26.2 Å². The Morgan fingerprint density at radius 1 is 0.600 bits per heavy atom. The van der Waals surface area contributed by atoms with E-state index in [-0.39, 0.29) is 0 Å². The second kappa shape index (κ2) is 7.25. The quantitative estimate of drug-likeness (QED) is 0.240. The third-order valence-corrected chi connectivity index (χ3v) is 8.91. The molecular weight excluding hydrogens is 464 g/mol. The Balaban J connectivity index is 1.59. The molecule has 0 saturated carbocycles. The Morgan fingerprint density at radius 2 is 1.37 bits per heavy atom. The Kier molecular flexibility index (Phi) is 4.01. The van der Waals surface area contributed by atoms with E-state index in [0.717, 1.165) is 11.2 Å². The fourth-order valence-corrected chi connectivity index (χ4v) is 7.37. The van der Waals surface area contributed by atoms with Crippen molar-refractivity contribution in [2.45, 2.75) is 0 Å². The van der Waals surface area contributed by atoms with Gasteiger partial charge in [0.05, 0.1) is 31.6 Å². The summed E-state index contributed by atoms with van der Waals surface area (Å²) in [6, 6.07) is 37.3. The predicted molar refractivity (Wildman–Crippen MR) is 152 cm³/mol. The first-order chi connectivity index (χ1) is 17.4. The summed E-state index contributed by atoms with van der Waals surface area (Å²) in [5.74, 6) is 0. The molecular formula is C31H18N2S2. The maximum absolute atomic E-state index is 4.85. The molecule has 35 heavy (non-hydrogen) atoms. The van der Waals surface area contributed by atoms with Crippen molar-refractivity contribution >= 4 is 74.9 Å². The van der Waals surface area contributed by atoms with E-state index in [9.17, 15) is 0 Å². The van der Waals surface area contributed by atoms with E-state index < -0.39 is 0 Å². The van der Waals surface area contributed by atoms with Gasteiger partial charge in [-0.25, -0.2) is 4.98 Å². The van der Waals surface area contributed by atoms with E-state index in [2.05, 4.69) is 108 Å². The number of rotatable bonds is 2. The van der Waals surface area contributed by atoms with Crippen LogP contribution in [0.3, 0.4) is 0 Å². The molecule has 0 radical (unpaired) electrons. The van der Waals surface area contributed by atoms with Gasteiger partial charge >= 0.3 is 0 Å². The van der Waals surface area contributed by atoms with Crippen LogP contribution < -0.4 is 0 Å². The van der Waals surface area contributed by atoms with Gasteiger partial charge in [-0.2, -0.15) is 0 Å². The summed E-state index contributed by atoms with van der Waals surface area (Å²) < 4.78 is 6.31. The molecule has 8 rings (SSSR count). The molecule has 0 aliphatic carbocycles. The van der Waals surface area contributed by atoms with Crippen LogP contribution in [0.15, 0.2) is 109 Å². The van der Waals surface area contributed by atoms with E-state index >= 15 is 0 Å². The van der Waals surface area contributed by atoms with E-state index in [1.54, 1.807) is 11.3 Å². The highest BCUT2D eigenvalue weighted by atomic mass is 32.1. The standard InChI is InChI=1S/C31H18N2S2/c1-2-8-19(9-3-1)20-16-26(29-28(17-20)34-18-32-29)33-25-12-6-4-10-21(25)23-14-15-24-22-11-5-7-13-27(22)35-31(24)30(23)33/h1-18H.